The Hall–Kier alpha value is -2.85. The molecule has 1 heterocycles. The fourth-order valence-electron chi connectivity index (χ4n) is 3.08. The lowest BCUT2D eigenvalue weighted by atomic mass is 9.91. The number of benzene rings is 3. The third-order valence-electron chi connectivity index (χ3n) is 4.55. The Morgan fingerprint density at radius 1 is 0.778 bits per heavy atom. The average molecular weight is 372 g/mol. The van der Waals surface area contributed by atoms with E-state index in [2.05, 4.69) is 65.7 Å². The van der Waals surface area contributed by atoms with Gasteiger partial charge in [0.15, 0.2) is 0 Å². The molecule has 3 nitrogen and oxygen atoms in total. The molecule has 1 aromatic heterocycles. The normalized spacial score (nSPS) is 11.0. The highest BCUT2D eigenvalue weighted by Crippen LogP contribution is 2.33. The Balaban J connectivity index is 1.60. The van der Waals surface area contributed by atoms with Crippen molar-refractivity contribution in [1.29, 1.82) is 0 Å². The first-order valence-corrected chi connectivity index (χ1v) is 9.90. The van der Waals surface area contributed by atoms with E-state index in [9.17, 15) is 0 Å². The molecule has 0 aliphatic rings. The average Bonchev–Trinajstić information content (AvgIpc) is 3.18. The lowest BCUT2D eigenvalue weighted by Gasteiger charge is -2.13. The molecule has 27 heavy (non-hydrogen) atoms. The van der Waals surface area contributed by atoms with Gasteiger partial charge in [-0.1, -0.05) is 96.7 Å². The predicted molar refractivity (Wildman–Crippen MR) is 109 cm³/mol. The fraction of sp³-hybridized carbons (Fsp3) is 0.130. The Bertz CT molecular complexity index is 960. The SMILES string of the molecule is Cc1ccccc1CSc1nnc(C(c2ccccc2)c2ccccc2)o1. The third kappa shape index (κ3) is 4.12. The van der Waals surface area contributed by atoms with E-state index in [4.69, 9.17) is 4.42 Å². The van der Waals surface area contributed by atoms with E-state index in [1.54, 1.807) is 11.8 Å². The van der Waals surface area contributed by atoms with Crippen LogP contribution in [-0.4, -0.2) is 10.2 Å². The highest BCUT2D eigenvalue weighted by atomic mass is 32.2. The topological polar surface area (TPSA) is 38.9 Å². The number of hydrogen-bond donors (Lipinski definition) is 0. The van der Waals surface area contributed by atoms with Crippen molar-refractivity contribution in [3.63, 3.8) is 0 Å². The molecule has 0 aliphatic heterocycles. The molecule has 0 N–H and O–H groups in total. The summed E-state index contributed by atoms with van der Waals surface area (Å²) in [6.45, 7) is 2.12. The second-order valence-corrected chi connectivity index (χ2v) is 7.30. The predicted octanol–water partition coefficient (Wildman–Crippen LogP) is 5.85. The zero-order valence-corrected chi connectivity index (χ0v) is 15.9. The molecule has 0 radical (unpaired) electrons. The summed E-state index contributed by atoms with van der Waals surface area (Å²) in [6.07, 6.45) is 0. The first kappa shape index (κ1) is 17.6. The van der Waals surface area contributed by atoms with Crippen molar-refractivity contribution in [3.8, 4) is 0 Å². The van der Waals surface area contributed by atoms with Gasteiger partial charge in [-0.05, 0) is 29.2 Å². The molecule has 0 aliphatic carbocycles. The van der Waals surface area contributed by atoms with Crippen LogP contribution in [0.2, 0.25) is 0 Å². The molecule has 0 bridgehead atoms. The van der Waals surface area contributed by atoms with Gasteiger partial charge in [0, 0.05) is 5.75 Å². The van der Waals surface area contributed by atoms with Crippen molar-refractivity contribution in [1.82, 2.24) is 10.2 Å². The summed E-state index contributed by atoms with van der Waals surface area (Å²) in [6, 6.07) is 28.9. The molecule has 4 rings (SSSR count). The molecule has 0 fully saturated rings. The van der Waals surface area contributed by atoms with Gasteiger partial charge in [-0.15, -0.1) is 10.2 Å². The monoisotopic (exact) mass is 372 g/mol. The molecular weight excluding hydrogens is 352 g/mol. The molecule has 134 valence electrons. The van der Waals surface area contributed by atoms with Gasteiger partial charge in [-0.2, -0.15) is 0 Å². The van der Waals surface area contributed by atoms with Crippen LogP contribution < -0.4 is 0 Å². The molecule has 0 atom stereocenters. The van der Waals surface area contributed by atoms with Crippen LogP contribution in [0.3, 0.4) is 0 Å². The molecule has 3 aromatic carbocycles. The van der Waals surface area contributed by atoms with Gasteiger partial charge in [-0.3, -0.25) is 0 Å². The van der Waals surface area contributed by atoms with Crippen LogP contribution in [0.15, 0.2) is 94.6 Å². The van der Waals surface area contributed by atoms with Crippen molar-refractivity contribution in [2.24, 2.45) is 0 Å². The summed E-state index contributed by atoms with van der Waals surface area (Å²) in [5.74, 6) is 1.38. The van der Waals surface area contributed by atoms with E-state index in [-0.39, 0.29) is 5.92 Å². The van der Waals surface area contributed by atoms with Crippen molar-refractivity contribution in [3.05, 3.63) is 113 Å². The van der Waals surface area contributed by atoms with Crippen LogP contribution in [0, 0.1) is 6.92 Å². The van der Waals surface area contributed by atoms with Gasteiger partial charge in [0.1, 0.15) is 0 Å². The van der Waals surface area contributed by atoms with E-state index >= 15 is 0 Å². The minimum atomic E-state index is -0.0623. The Labute approximate surface area is 163 Å². The van der Waals surface area contributed by atoms with Gasteiger partial charge < -0.3 is 4.42 Å². The Morgan fingerprint density at radius 2 is 1.37 bits per heavy atom. The standard InChI is InChI=1S/C23H20N2OS/c1-17-10-8-9-15-20(17)16-27-23-25-24-22(26-23)21(18-11-4-2-5-12-18)19-13-6-3-7-14-19/h2-15,21H,16H2,1H3. The number of nitrogens with zero attached hydrogens (tertiary/aromatic N) is 2. The highest BCUT2D eigenvalue weighted by molar-refractivity contribution is 7.98. The lowest BCUT2D eigenvalue weighted by molar-refractivity contribution is 0.409. The van der Waals surface area contributed by atoms with E-state index < -0.39 is 0 Å². The minimum Gasteiger partial charge on any atom is -0.415 e. The van der Waals surface area contributed by atoms with Crippen LogP contribution in [0.1, 0.15) is 34.1 Å². The first-order valence-electron chi connectivity index (χ1n) is 8.92. The summed E-state index contributed by atoms with van der Waals surface area (Å²) >= 11 is 1.58. The van der Waals surface area contributed by atoms with Gasteiger partial charge in [0.25, 0.3) is 5.22 Å². The maximum Gasteiger partial charge on any atom is 0.276 e. The van der Waals surface area contributed by atoms with Crippen LogP contribution in [0.4, 0.5) is 0 Å². The van der Waals surface area contributed by atoms with E-state index in [1.165, 1.54) is 11.1 Å². The largest absolute Gasteiger partial charge is 0.415 e. The molecule has 0 spiro atoms. The highest BCUT2D eigenvalue weighted by Gasteiger charge is 2.22. The third-order valence-corrected chi connectivity index (χ3v) is 5.41. The maximum atomic E-state index is 6.06. The quantitative estimate of drug-likeness (QED) is 0.398. The first-order chi connectivity index (χ1) is 13.3. The molecule has 0 saturated carbocycles. The molecule has 0 unspecified atom stereocenters. The summed E-state index contributed by atoms with van der Waals surface area (Å²) in [5.41, 5.74) is 4.84. The van der Waals surface area contributed by atoms with Crippen molar-refractivity contribution >= 4 is 11.8 Å². The van der Waals surface area contributed by atoms with Gasteiger partial charge >= 0.3 is 0 Å². The van der Waals surface area contributed by atoms with Gasteiger partial charge in [0.2, 0.25) is 5.89 Å². The van der Waals surface area contributed by atoms with Crippen LogP contribution in [0.25, 0.3) is 0 Å². The smallest absolute Gasteiger partial charge is 0.276 e. The molecular formula is C23H20N2OS. The summed E-state index contributed by atoms with van der Waals surface area (Å²) in [5, 5.41) is 9.25. The number of hydrogen-bond acceptors (Lipinski definition) is 4. The van der Waals surface area contributed by atoms with Crippen LogP contribution in [0.5, 0.6) is 0 Å². The van der Waals surface area contributed by atoms with Crippen molar-refractivity contribution < 1.29 is 4.42 Å². The number of aromatic nitrogens is 2. The number of thioether (sulfide) groups is 1. The summed E-state index contributed by atoms with van der Waals surface area (Å²) in [4.78, 5) is 0. The summed E-state index contributed by atoms with van der Waals surface area (Å²) < 4.78 is 6.06. The van der Waals surface area contributed by atoms with E-state index in [1.807, 2.05) is 36.4 Å². The summed E-state index contributed by atoms with van der Waals surface area (Å²) in [7, 11) is 0. The van der Waals surface area contributed by atoms with Crippen molar-refractivity contribution in [2.45, 2.75) is 23.8 Å². The minimum absolute atomic E-state index is 0.0623. The molecule has 4 heteroatoms. The Kier molecular flexibility index (Phi) is 5.35. The second-order valence-electron chi connectivity index (χ2n) is 6.38. The van der Waals surface area contributed by atoms with E-state index in [0.29, 0.717) is 11.1 Å². The fourth-order valence-corrected chi connectivity index (χ4v) is 3.92. The lowest BCUT2D eigenvalue weighted by Crippen LogP contribution is -2.03. The second kappa shape index (κ2) is 8.23. The maximum absolute atomic E-state index is 6.06. The van der Waals surface area contributed by atoms with Gasteiger partial charge in [0.05, 0.1) is 5.92 Å². The Morgan fingerprint density at radius 3 is 2.00 bits per heavy atom. The zero-order valence-electron chi connectivity index (χ0n) is 15.1. The molecule has 0 saturated heterocycles. The van der Waals surface area contributed by atoms with Crippen LogP contribution in [-0.2, 0) is 5.75 Å². The number of rotatable bonds is 6. The van der Waals surface area contributed by atoms with Gasteiger partial charge in [-0.25, -0.2) is 0 Å². The molecule has 0 amide bonds. The molecule has 4 aromatic rings. The van der Waals surface area contributed by atoms with Crippen LogP contribution >= 0.6 is 11.8 Å². The van der Waals surface area contributed by atoms with Crippen molar-refractivity contribution in [2.75, 3.05) is 0 Å². The van der Waals surface area contributed by atoms with E-state index in [0.717, 1.165) is 16.9 Å². The number of aryl methyl sites for hydroxylation is 1. The zero-order chi connectivity index (χ0) is 18.5.